The summed E-state index contributed by atoms with van der Waals surface area (Å²) in [5, 5.41) is 10.3. The number of Topliss-reactive ketones (excluding diaryl/α,β-unsaturated/α-hetero) is 1. The van der Waals surface area contributed by atoms with E-state index in [1.807, 2.05) is 6.92 Å². The third-order valence-corrected chi connectivity index (χ3v) is 4.88. The van der Waals surface area contributed by atoms with Crippen molar-refractivity contribution in [1.29, 1.82) is 0 Å². The molecular formula is C20H32ClNO3. The van der Waals surface area contributed by atoms with Gasteiger partial charge in [0.05, 0.1) is 0 Å². The molecule has 1 saturated carbocycles. The van der Waals surface area contributed by atoms with E-state index in [2.05, 4.69) is 11.8 Å². The molecular weight excluding hydrogens is 338 g/mol. The fraction of sp³-hybridized carbons (Fsp3) is 0.650. The summed E-state index contributed by atoms with van der Waals surface area (Å²) in [5.41, 5.74) is 0.708. The SMILES string of the molecule is CCC(=O)c1ccc(OCC(O)CN(CC)C2CCCCC2)cc1.Cl. The van der Waals surface area contributed by atoms with Gasteiger partial charge in [-0.2, -0.15) is 0 Å². The van der Waals surface area contributed by atoms with Crippen LogP contribution in [-0.4, -0.2) is 47.6 Å². The number of hydrogen-bond acceptors (Lipinski definition) is 4. The molecule has 1 aromatic rings. The standard InChI is InChI=1S/C20H31NO3.ClH/c1-3-20(23)16-10-12-19(13-11-16)24-15-18(22)14-21(4-2)17-8-6-5-7-9-17;/h10-13,17-18,22H,3-9,14-15H2,1-2H3;1H. The van der Waals surface area contributed by atoms with E-state index in [0.717, 1.165) is 6.54 Å². The number of carbonyl (C=O) groups is 1. The van der Waals surface area contributed by atoms with Crippen molar-refractivity contribution in [2.24, 2.45) is 0 Å². The van der Waals surface area contributed by atoms with Gasteiger partial charge in [-0.05, 0) is 43.7 Å². The minimum atomic E-state index is -0.496. The van der Waals surface area contributed by atoms with E-state index < -0.39 is 6.10 Å². The van der Waals surface area contributed by atoms with Gasteiger partial charge in [0.25, 0.3) is 0 Å². The molecule has 1 unspecified atom stereocenters. The molecule has 1 N–H and O–H groups in total. The van der Waals surface area contributed by atoms with Crippen molar-refractivity contribution in [3.05, 3.63) is 29.8 Å². The zero-order chi connectivity index (χ0) is 17.4. The van der Waals surface area contributed by atoms with Crippen LogP contribution in [0.3, 0.4) is 0 Å². The number of ketones is 1. The van der Waals surface area contributed by atoms with Crippen LogP contribution in [0.2, 0.25) is 0 Å². The van der Waals surface area contributed by atoms with E-state index in [1.54, 1.807) is 24.3 Å². The van der Waals surface area contributed by atoms with Crippen LogP contribution in [0.25, 0.3) is 0 Å². The van der Waals surface area contributed by atoms with E-state index in [1.165, 1.54) is 32.1 Å². The number of likely N-dealkylation sites (N-methyl/N-ethyl adjacent to an activating group) is 1. The molecule has 1 fully saturated rings. The van der Waals surface area contributed by atoms with Gasteiger partial charge in [-0.15, -0.1) is 12.4 Å². The van der Waals surface area contributed by atoms with Gasteiger partial charge in [0.2, 0.25) is 0 Å². The fourth-order valence-electron chi connectivity index (χ4n) is 3.44. The topological polar surface area (TPSA) is 49.8 Å². The molecule has 1 atom stereocenters. The molecule has 5 heteroatoms. The Morgan fingerprint density at radius 1 is 1.20 bits per heavy atom. The smallest absolute Gasteiger partial charge is 0.162 e. The molecule has 0 aromatic heterocycles. The van der Waals surface area contributed by atoms with Gasteiger partial charge in [-0.3, -0.25) is 9.69 Å². The van der Waals surface area contributed by atoms with Crippen molar-refractivity contribution in [2.45, 2.75) is 64.5 Å². The van der Waals surface area contributed by atoms with Crippen molar-refractivity contribution in [3.8, 4) is 5.75 Å². The quantitative estimate of drug-likeness (QED) is 0.666. The van der Waals surface area contributed by atoms with Crippen LogP contribution in [0.4, 0.5) is 0 Å². The van der Waals surface area contributed by atoms with E-state index >= 15 is 0 Å². The molecule has 1 aliphatic rings. The van der Waals surface area contributed by atoms with Gasteiger partial charge in [-0.25, -0.2) is 0 Å². The number of nitrogens with zero attached hydrogens (tertiary/aromatic N) is 1. The van der Waals surface area contributed by atoms with Gasteiger partial charge in [-0.1, -0.05) is 33.1 Å². The first-order valence-electron chi connectivity index (χ1n) is 9.32. The van der Waals surface area contributed by atoms with Crippen LogP contribution in [0.5, 0.6) is 5.75 Å². The van der Waals surface area contributed by atoms with Crippen molar-refractivity contribution in [1.82, 2.24) is 4.90 Å². The number of hydrogen-bond donors (Lipinski definition) is 1. The van der Waals surface area contributed by atoms with Crippen LogP contribution < -0.4 is 4.74 Å². The molecule has 0 heterocycles. The molecule has 0 radical (unpaired) electrons. The summed E-state index contributed by atoms with van der Waals surface area (Å²) in [4.78, 5) is 14.0. The zero-order valence-electron chi connectivity index (χ0n) is 15.4. The first-order valence-corrected chi connectivity index (χ1v) is 9.32. The summed E-state index contributed by atoms with van der Waals surface area (Å²) in [6.45, 7) is 5.92. The third-order valence-electron chi connectivity index (χ3n) is 4.88. The molecule has 4 nitrogen and oxygen atoms in total. The average molecular weight is 370 g/mol. The number of carbonyl (C=O) groups excluding carboxylic acids is 1. The van der Waals surface area contributed by atoms with Crippen molar-refractivity contribution >= 4 is 18.2 Å². The number of halogens is 1. The highest BCUT2D eigenvalue weighted by Crippen LogP contribution is 2.22. The highest BCUT2D eigenvalue weighted by Gasteiger charge is 2.22. The highest BCUT2D eigenvalue weighted by molar-refractivity contribution is 5.95. The molecule has 0 saturated heterocycles. The number of aliphatic hydroxyl groups excluding tert-OH is 1. The number of aliphatic hydroxyl groups is 1. The second kappa shape index (κ2) is 11.5. The summed E-state index contributed by atoms with van der Waals surface area (Å²) in [6.07, 6.45) is 6.45. The summed E-state index contributed by atoms with van der Waals surface area (Å²) in [6, 6.07) is 7.78. The van der Waals surface area contributed by atoms with Crippen LogP contribution in [-0.2, 0) is 0 Å². The first kappa shape index (κ1) is 21.9. The minimum Gasteiger partial charge on any atom is -0.491 e. The lowest BCUT2D eigenvalue weighted by Crippen LogP contribution is -2.43. The van der Waals surface area contributed by atoms with Crippen LogP contribution >= 0.6 is 12.4 Å². The molecule has 0 spiro atoms. The maximum absolute atomic E-state index is 11.6. The normalized spacial score (nSPS) is 16.3. The van der Waals surface area contributed by atoms with Gasteiger partial charge in [0, 0.05) is 24.6 Å². The largest absolute Gasteiger partial charge is 0.491 e. The first-order chi connectivity index (χ1) is 11.6. The monoisotopic (exact) mass is 369 g/mol. The molecule has 0 bridgehead atoms. The fourth-order valence-corrected chi connectivity index (χ4v) is 3.44. The predicted molar refractivity (Wildman–Crippen MR) is 104 cm³/mol. The second-order valence-corrected chi connectivity index (χ2v) is 6.65. The van der Waals surface area contributed by atoms with Crippen LogP contribution in [0, 0.1) is 0 Å². The Balaban J connectivity index is 0.00000312. The lowest BCUT2D eigenvalue weighted by molar-refractivity contribution is 0.0463. The second-order valence-electron chi connectivity index (χ2n) is 6.65. The van der Waals surface area contributed by atoms with Gasteiger partial charge in [0.15, 0.2) is 5.78 Å². The van der Waals surface area contributed by atoms with E-state index in [9.17, 15) is 9.90 Å². The number of benzene rings is 1. The van der Waals surface area contributed by atoms with E-state index in [0.29, 0.717) is 30.3 Å². The lowest BCUT2D eigenvalue weighted by atomic mass is 9.94. The molecule has 2 rings (SSSR count). The Labute approximate surface area is 158 Å². The molecule has 0 amide bonds. The maximum Gasteiger partial charge on any atom is 0.162 e. The Kier molecular flexibility index (Phi) is 10.1. The summed E-state index contributed by atoms with van der Waals surface area (Å²) in [5.74, 6) is 0.829. The van der Waals surface area contributed by atoms with Crippen molar-refractivity contribution in [3.63, 3.8) is 0 Å². The van der Waals surface area contributed by atoms with E-state index in [-0.39, 0.29) is 24.8 Å². The molecule has 1 aliphatic carbocycles. The molecule has 25 heavy (non-hydrogen) atoms. The molecule has 1 aromatic carbocycles. The zero-order valence-corrected chi connectivity index (χ0v) is 16.3. The predicted octanol–water partition coefficient (Wildman–Crippen LogP) is 4.10. The average Bonchev–Trinajstić information content (AvgIpc) is 2.65. The number of ether oxygens (including phenoxy) is 1. The highest BCUT2D eigenvalue weighted by atomic mass is 35.5. The maximum atomic E-state index is 11.6. The van der Waals surface area contributed by atoms with Crippen LogP contribution in [0.1, 0.15) is 62.7 Å². The summed E-state index contributed by atoms with van der Waals surface area (Å²) < 4.78 is 5.68. The van der Waals surface area contributed by atoms with E-state index in [4.69, 9.17) is 4.74 Å². The van der Waals surface area contributed by atoms with Gasteiger partial charge in [0.1, 0.15) is 18.5 Å². The minimum absolute atomic E-state index is 0. The summed E-state index contributed by atoms with van der Waals surface area (Å²) in [7, 11) is 0. The Morgan fingerprint density at radius 2 is 1.84 bits per heavy atom. The van der Waals surface area contributed by atoms with Gasteiger partial charge >= 0.3 is 0 Å². The van der Waals surface area contributed by atoms with Gasteiger partial charge < -0.3 is 9.84 Å². The van der Waals surface area contributed by atoms with Crippen molar-refractivity contribution in [2.75, 3.05) is 19.7 Å². The summed E-state index contributed by atoms with van der Waals surface area (Å²) >= 11 is 0. The Bertz CT molecular complexity index is 500. The molecule has 0 aliphatic heterocycles. The Hall–Kier alpha value is -1.10. The number of rotatable bonds is 9. The lowest BCUT2D eigenvalue weighted by Gasteiger charge is -2.34. The Morgan fingerprint density at radius 3 is 2.40 bits per heavy atom. The van der Waals surface area contributed by atoms with Crippen LogP contribution in [0.15, 0.2) is 24.3 Å². The third kappa shape index (κ3) is 6.96. The molecule has 142 valence electrons. The van der Waals surface area contributed by atoms with Crippen molar-refractivity contribution < 1.29 is 14.6 Å².